The molecular formula is C11H20N2O. The van der Waals surface area contributed by atoms with Gasteiger partial charge < -0.3 is 4.74 Å². The predicted octanol–water partition coefficient (Wildman–Crippen LogP) is 1.69. The summed E-state index contributed by atoms with van der Waals surface area (Å²) in [4.78, 5) is 0. The van der Waals surface area contributed by atoms with Gasteiger partial charge in [-0.1, -0.05) is 6.92 Å². The first-order chi connectivity index (χ1) is 6.70. The van der Waals surface area contributed by atoms with Crippen molar-refractivity contribution in [3.05, 3.63) is 0 Å². The van der Waals surface area contributed by atoms with E-state index >= 15 is 0 Å². The second-order valence-corrected chi connectivity index (χ2v) is 4.24. The Kier molecular flexibility index (Phi) is 4.37. The van der Waals surface area contributed by atoms with Crippen LogP contribution in [-0.4, -0.2) is 25.3 Å². The fourth-order valence-electron chi connectivity index (χ4n) is 1.38. The summed E-state index contributed by atoms with van der Waals surface area (Å²) in [5.74, 6) is 0.808. The highest BCUT2D eigenvalue weighted by Crippen LogP contribution is 2.28. The highest BCUT2D eigenvalue weighted by molar-refractivity contribution is 5.03. The van der Waals surface area contributed by atoms with Gasteiger partial charge in [0.2, 0.25) is 0 Å². The molecule has 1 atom stereocenters. The average Bonchev–Trinajstić information content (AvgIpc) is 2.97. The maximum Gasteiger partial charge on any atom is 0.106 e. The van der Waals surface area contributed by atoms with Gasteiger partial charge in [0.25, 0.3) is 0 Å². The normalized spacial score (nSPS) is 20.1. The second-order valence-electron chi connectivity index (χ2n) is 4.24. The van der Waals surface area contributed by atoms with Gasteiger partial charge in [-0.05, 0) is 32.2 Å². The molecule has 0 radical (unpaired) electrons. The van der Waals surface area contributed by atoms with Crippen molar-refractivity contribution in [1.29, 1.82) is 5.26 Å². The molecule has 0 aromatic rings. The van der Waals surface area contributed by atoms with E-state index in [0.29, 0.717) is 6.61 Å². The molecular weight excluding hydrogens is 176 g/mol. The van der Waals surface area contributed by atoms with E-state index in [0.717, 1.165) is 25.5 Å². The van der Waals surface area contributed by atoms with Gasteiger partial charge in [0.15, 0.2) is 0 Å². The summed E-state index contributed by atoms with van der Waals surface area (Å²) < 4.78 is 5.51. The monoisotopic (exact) mass is 196 g/mol. The minimum absolute atomic E-state index is 0.418. The van der Waals surface area contributed by atoms with Crippen LogP contribution in [0.3, 0.4) is 0 Å². The molecule has 80 valence electrons. The fraction of sp³-hybridized carbons (Fsp3) is 0.909. The standard InChI is InChI=1S/C11H20N2O/c1-3-13-11(2,9-12)6-7-14-8-10-4-5-10/h10,13H,3-8H2,1-2H3. The van der Waals surface area contributed by atoms with E-state index in [2.05, 4.69) is 11.4 Å². The molecule has 3 heteroatoms. The third-order valence-corrected chi connectivity index (χ3v) is 2.61. The number of hydrogen-bond acceptors (Lipinski definition) is 3. The number of ether oxygens (including phenoxy) is 1. The summed E-state index contributed by atoms with van der Waals surface area (Å²) in [6.45, 7) is 6.34. The predicted molar refractivity (Wildman–Crippen MR) is 55.9 cm³/mol. The molecule has 0 saturated heterocycles. The minimum Gasteiger partial charge on any atom is -0.381 e. The summed E-state index contributed by atoms with van der Waals surface area (Å²) in [6, 6.07) is 2.29. The van der Waals surface area contributed by atoms with Crippen LogP contribution < -0.4 is 5.32 Å². The fourth-order valence-corrected chi connectivity index (χ4v) is 1.38. The Morgan fingerprint density at radius 2 is 2.29 bits per heavy atom. The highest BCUT2D eigenvalue weighted by atomic mass is 16.5. The van der Waals surface area contributed by atoms with Crippen LogP contribution in [0.25, 0.3) is 0 Å². The summed E-state index contributed by atoms with van der Waals surface area (Å²) in [5, 5.41) is 12.1. The van der Waals surface area contributed by atoms with E-state index in [1.807, 2.05) is 13.8 Å². The zero-order valence-corrected chi connectivity index (χ0v) is 9.18. The second kappa shape index (κ2) is 5.33. The molecule has 0 aliphatic heterocycles. The first-order valence-corrected chi connectivity index (χ1v) is 5.44. The van der Waals surface area contributed by atoms with E-state index < -0.39 is 5.54 Å². The van der Waals surface area contributed by atoms with Crippen LogP contribution in [0.2, 0.25) is 0 Å². The minimum atomic E-state index is -0.418. The highest BCUT2D eigenvalue weighted by Gasteiger charge is 2.24. The Balaban J connectivity index is 2.09. The number of rotatable bonds is 7. The van der Waals surface area contributed by atoms with Crippen molar-refractivity contribution in [2.75, 3.05) is 19.8 Å². The number of hydrogen-bond donors (Lipinski definition) is 1. The van der Waals surface area contributed by atoms with Crippen LogP contribution >= 0.6 is 0 Å². The van der Waals surface area contributed by atoms with Gasteiger partial charge >= 0.3 is 0 Å². The maximum atomic E-state index is 8.97. The quantitative estimate of drug-likeness (QED) is 0.630. The van der Waals surface area contributed by atoms with Gasteiger partial charge in [-0.3, -0.25) is 5.32 Å². The molecule has 1 aliphatic rings. The molecule has 0 amide bonds. The zero-order chi connectivity index (χ0) is 10.4. The third-order valence-electron chi connectivity index (χ3n) is 2.61. The van der Waals surface area contributed by atoms with Gasteiger partial charge in [0.05, 0.1) is 6.07 Å². The van der Waals surface area contributed by atoms with Crippen molar-refractivity contribution in [3.8, 4) is 6.07 Å². The molecule has 0 aromatic heterocycles. The van der Waals surface area contributed by atoms with Crippen molar-refractivity contribution >= 4 is 0 Å². The van der Waals surface area contributed by atoms with Gasteiger partial charge in [-0.15, -0.1) is 0 Å². The van der Waals surface area contributed by atoms with Crippen LogP contribution in [0.1, 0.15) is 33.1 Å². The Morgan fingerprint density at radius 1 is 1.57 bits per heavy atom. The molecule has 14 heavy (non-hydrogen) atoms. The third kappa shape index (κ3) is 4.08. The maximum absolute atomic E-state index is 8.97. The Bertz CT molecular complexity index is 208. The molecule has 1 unspecified atom stereocenters. The number of nitrogens with zero attached hydrogens (tertiary/aromatic N) is 1. The summed E-state index contributed by atoms with van der Waals surface area (Å²) in [7, 11) is 0. The molecule has 1 rings (SSSR count). The summed E-state index contributed by atoms with van der Waals surface area (Å²) >= 11 is 0. The molecule has 0 bridgehead atoms. The smallest absolute Gasteiger partial charge is 0.106 e. The molecule has 1 fully saturated rings. The summed E-state index contributed by atoms with van der Waals surface area (Å²) in [5.41, 5.74) is -0.418. The van der Waals surface area contributed by atoms with Crippen LogP contribution in [0.5, 0.6) is 0 Å². The molecule has 1 saturated carbocycles. The van der Waals surface area contributed by atoms with Crippen molar-refractivity contribution in [3.63, 3.8) is 0 Å². The summed E-state index contributed by atoms with van der Waals surface area (Å²) in [6.07, 6.45) is 3.41. The lowest BCUT2D eigenvalue weighted by molar-refractivity contribution is 0.110. The number of nitrogens with one attached hydrogen (secondary N) is 1. The van der Waals surface area contributed by atoms with Crippen LogP contribution in [0.15, 0.2) is 0 Å². The van der Waals surface area contributed by atoms with Gasteiger partial charge in [-0.2, -0.15) is 5.26 Å². The van der Waals surface area contributed by atoms with Crippen molar-refractivity contribution in [2.45, 2.75) is 38.6 Å². The van der Waals surface area contributed by atoms with Crippen molar-refractivity contribution < 1.29 is 4.74 Å². The Morgan fingerprint density at radius 3 is 2.79 bits per heavy atom. The molecule has 0 spiro atoms. The van der Waals surface area contributed by atoms with Crippen LogP contribution in [0.4, 0.5) is 0 Å². The van der Waals surface area contributed by atoms with Gasteiger partial charge in [0.1, 0.15) is 5.54 Å². The topological polar surface area (TPSA) is 45.0 Å². The van der Waals surface area contributed by atoms with E-state index in [4.69, 9.17) is 10.00 Å². The van der Waals surface area contributed by atoms with Gasteiger partial charge in [-0.25, -0.2) is 0 Å². The van der Waals surface area contributed by atoms with E-state index in [1.165, 1.54) is 12.8 Å². The van der Waals surface area contributed by atoms with E-state index in [9.17, 15) is 0 Å². The molecule has 1 N–H and O–H groups in total. The van der Waals surface area contributed by atoms with Crippen LogP contribution in [-0.2, 0) is 4.74 Å². The first kappa shape index (κ1) is 11.5. The molecule has 0 aromatic carbocycles. The molecule has 1 aliphatic carbocycles. The van der Waals surface area contributed by atoms with Crippen LogP contribution in [0, 0.1) is 17.2 Å². The van der Waals surface area contributed by atoms with Crippen molar-refractivity contribution in [2.24, 2.45) is 5.92 Å². The zero-order valence-electron chi connectivity index (χ0n) is 9.18. The largest absolute Gasteiger partial charge is 0.381 e. The van der Waals surface area contributed by atoms with Gasteiger partial charge in [0, 0.05) is 19.6 Å². The van der Waals surface area contributed by atoms with E-state index in [-0.39, 0.29) is 0 Å². The average molecular weight is 196 g/mol. The van der Waals surface area contributed by atoms with Crippen molar-refractivity contribution in [1.82, 2.24) is 5.32 Å². The lowest BCUT2D eigenvalue weighted by Gasteiger charge is -2.22. The first-order valence-electron chi connectivity index (χ1n) is 5.44. The molecule has 0 heterocycles. The SMILES string of the molecule is CCNC(C)(C#N)CCOCC1CC1. The Hall–Kier alpha value is -0.590. The lowest BCUT2D eigenvalue weighted by Crippen LogP contribution is -2.41. The molecule has 3 nitrogen and oxygen atoms in total. The lowest BCUT2D eigenvalue weighted by atomic mass is 10.0. The van der Waals surface area contributed by atoms with E-state index in [1.54, 1.807) is 0 Å². The number of nitriles is 1. The Labute approximate surface area is 86.4 Å².